The van der Waals surface area contributed by atoms with Gasteiger partial charge in [0.25, 0.3) is 0 Å². The molecular formula is C24H17F2N5O2. The molecule has 0 saturated heterocycles. The molecule has 1 aromatic carbocycles. The van der Waals surface area contributed by atoms with E-state index in [2.05, 4.69) is 15.0 Å². The van der Waals surface area contributed by atoms with E-state index < -0.39 is 6.17 Å². The van der Waals surface area contributed by atoms with Crippen LogP contribution in [0.25, 0.3) is 44.9 Å². The Morgan fingerprint density at radius 2 is 1.82 bits per heavy atom. The van der Waals surface area contributed by atoms with E-state index >= 15 is 0 Å². The number of hydrogen-bond donors (Lipinski definition) is 1. The van der Waals surface area contributed by atoms with Gasteiger partial charge in [-0.2, -0.15) is 5.10 Å². The normalized spacial score (nSPS) is 17.9. The van der Waals surface area contributed by atoms with Gasteiger partial charge in [0.05, 0.1) is 22.7 Å². The third kappa shape index (κ3) is 3.32. The summed E-state index contributed by atoms with van der Waals surface area (Å²) in [5.74, 6) is -0.108. The molecule has 1 fully saturated rings. The van der Waals surface area contributed by atoms with Crippen LogP contribution >= 0.6 is 0 Å². The van der Waals surface area contributed by atoms with Crippen molar-refractivity contribution >= 4 is 11.1 Å². The molecular weight excluding hydrogens is 428 g/mol. The highest BCUT2D eigenvalue weighted by Gasteiger charge is 2.32. The number of rotatable bonds is 4. The highest BCUT2D eigenvalue weighted by atomic mass is 19.1. The van der Waals surface area contributed by atoms with Gasteiger partial charge in [-0.3, -0.25) is 4.68 Å². The molecule has 33 heavy (non-hydrogen) atoms. The first kappa shape index (κ1) is 19.5. The fourth-order valence-electron chi connectivity index (χ4n) is 4.10. The van der Waals surface area contributed by atoms with Gasteiger partial charge in [-0.1, -0.05) is 0 Å². The first-order chi connectivity index (χ1) is 16.1. The molecule has 9 heteroatoms. The van der Waals surface area contributed by atoms with E-state index in [1.165, 1.54) is 24.7 Å². The first-order valence-electron chi connectivity index (χ1n) is 10.5. The number of alkyl halides is 1. The average molecular weight is 445 g/mol. The molecule has 1 aliphatic carbocycles. The van der Waals surface area contributed by atoms with Crippen LogP contribution in [0.2, 0.25) is 0 Å². The van der Waals surface area contributed by atoms with E-state index in [0.717, 1.165) is 0 Å². The molecule has 0 aliphatic heterocycles. The molecule has 1 N–H and O–H groups in total. The third-order valence-electron chi connectivity index (χ3n) is 5.92. The van der Waals surface area contributed by atoms with Gasteiger partial charge in [-0.25, -0.2) is 23.7 Å². The van der Waals surface area contributed by atoms with Crippen LogP contribution in [0.4, 0.5) is 8.78 Å². The van der Waals surface area contributed by atoms with Gasteiger partial charge in [0.15, 0.2) is 0 Å². The Hall–Kier alpha value is -4.14. The Morgan fingerprint density at radius 3 is 2.58 bits per heavy atom. The van der Waals surface area contributed by atoms with Gasteiger partial charge in [-0.05, 0) is 42.5 Å². The van der Waals surface area contributed by atoms with Crippen LogP contribution < -0.4 is 0 Å². The second kappa shape index (κ2) is 7.47. The molecule has 1 saturated carbocycles. The van der Waals surface area contributed by atoms with E-state index in [-0.39, 0.29) is 17.7 Å². The monoisotopic (exact) mass is 445 g/mol. The standard InChI is InChI=1S/C24H17F2N5O2/c25-14-5-3-13(4-6-14)21-19(11-31(30-21)16-8-15(26)9-16)22-18-10-20(33-24(18)29-12-28-22)17-2-1-7-27-23(17)32/h1-7,10-12,15-16H,8-9H2,(H,27,32). The van der Waals surface area contributed by atoms with Crippen LogP contribution in [-0.2, 0) is 0 Å². The van der Waals surface area contributed by atoms with Crippen molar-refractivity contribution in [1.29, 1.82) is 0 Å². The molecule has 0 radical (unpaired) electrons. The van der Waals surface area contributed by atoms with Crippen molar-refractivity contribution in [2.75, 3.05) is 0 Å². The quantitative estimate of drug-likeness (QED) is 0.402. The predicted octanol–water partition coefficient (Wildman–Crippen LogP) is 5.33. The number of aromatic hydroxyl groups is 1. The van der Waals surface area contributed by atoms with Gasteiger partial charge in [0, 0.05) is 36.4 Å². The maximum Gasteiger partial charge on any atom is 0.230 e. The van der Waals surface area contributed by atoms with Crippen molar-refractivity contribution < 1.29 is 18.3 Å². The van der Waals surface area contributed by atoms with Crippen molar-refractivity contribution in [3.05, 3.63) is 67.0 Å². The number of nitrogens with zero attached hydrogens (tertiary/aromatic N) is 5. The first-order valence-corrected chi connectivity index (χ1v) is 10.5. The Labute approximate surface area is 186 Å². The molecule has 5 aromatic rings. The number of benzene rings is 1. The van der Waals surface area contributed by atoms with Gasteiger partial charge < -0.3 is 9.52 Å². The number of furan rings is 1. The molecule has 0 amide bonds. The summed E-state index contributed by atoms with van der Waals surface area (Å²) in [5, 5.41) is 15.5. The summed E-state index contributed by atoms with van der Waals surface area (Å²) < 4.78 is 34.7. The number of aromatic nitrogens is 5. The zero-order valence-corrected chi connectivity index (χ0v) is 17.2. The fourth-order valence-corrected chi connectivity index (χ4v) is 4.10. The van der Waals surface area contributed by atoms with Crippen LogP contribution in [0, 0.1) is 5.82 Å². The molecule has 0 spiro atoms. The second-order valence-electron chi connectivity index (χ2n) is 8.03. The minimum atomic E-state index is -0.828. The van der Waals surface area contributed by atoms with E-state index in [4.69, 9.17) is 9.52 Å². The maximum absolute atomic E-state index is 13.5. The SMILES string of the molecule is Oc1ncccc1-c1cc2c(-c3cn(C4CC(F)C4)nc3-c3ccc(F)cc3)ncnc2o1. The summed E-state index contributed by atoms with van der Waals surface area (Å²) >= 11 is 0. The largest absolute Gasteiger partial charge is 0.493 e. The summed E-state index contributed by atoms with van der Waals surface area (Å²) in [6.07, 6.45) is 4.69. The van der Waals surface area contributed by atoms with Gasteiger partial charge in [0.2, 0.25) is 11.6 Å². The lowest BCUT2D eigenvalue weighted by Gasteiger charge is -2.29. The van der Waals surface area contributed by atoms with E-state index in [1.807, 2.05) is 6.20 Å². The lowest BCUT2D eigenvalue weighted by atomic mass is 9.91. The van der Waals surface area contributed by atoms with Gasteiger partial charge >= 0.3 is 0 Å². The van der Waals surface area contributed by atoms with Crippen molar-refractivity contribution in [2.45, 2.75) is 25.1 Å². The lowest BCUT2D eigenvalue weighted by molar-refractivity contribution is 0.128. The van der Waals surface area contributed by atoms with Crippen molar-refractivity contribution in [3.8, 4) is 39.7 Å². The zero-order valence-electron chi connectivity index (χ0n) is 17.2. The fraction of sp³-hybridized carbons (Fsp3) is 0.167. The Bertz CT molecular complexity index is 1470. The Kier molecular flexibility index (Phi) is 4.42. The molecule has 0 bridgehead atoms. The highest BCUT2D eigenvalue weighted by Crippen LogP contribution is 2.41. The van der Waals surface area contributed by atoms with E-state index in [1.54, 1.807) is 35.0 Å². The van der Waals surface area contributed by atoms with Gasteiger partial charge in [-0.15, -0.1) is 0 Å². The lowest BCUT2D eigenvalue weighted by Crippen LogP contribution is -2.28. The van der Waals surface area contributed by atoms with Crippen molar-refractivity contribution in [2.24, 2.45) is 0 Å². The molecule has 0 atom stereocenters. The van der Waals surface area contributed by atoms with E-state index in [0.29, 0.717) is 57.8 Å². The molecule has 4 aromatic heterocycles. The molecule has 0 unspecified atom stereocenters. The molecule has 4 heterocycles. The third-order valence-corrected chi connectivity index (χ3v) is 5.92. The highest BCUT2D eigenvalue weighted by molar-refractivity contribution is 5.96. The summed E-state index contributed by atoms with van der Waals surface area (Å²) in [4.78, 5) is 12.6. The summed E-state index contributed by atoms with van der Waals surface area (Å²) in [6.45, 7) is 0. The van der Waals surface area contributed by atoms with E-state index in [9.17, 15) is 13.9 Å². The molecule has 7 nitrogen and oxygen atoms in total. The summed E-state index contributed by atoms with van der Waals surface area (Å²) in [7, 11) is 0. The maximum atomic E-state index is 13.5. The van der Waals surface area contributed by atoms with Crippen molar-refractivity contribution in [3.63, 3.8) is 0 Å². The number of fused-ring (bicyclic) bond motifs is 1. The molecule has 164 valence electrons. The topological polar surface area (TPSA) is 89.9 Å². The van der Waals surface area contributed by atoms with Gasteiger partial charge in [0.1, 0.15) is 29.8 Å². The predicted molar refractivity (Wildman–Crippen MR) is 116 cm³/mol. The van der Waals surface area contributed by atoms with Crippen molar-refractivity contribution in [1.82, 2.24) is 24.7 Å². The minimum Gasteiger partial charge on any atom is -0.493 e. The van der Waals surface area contributed by atoms with Crippen LogP contribution in [0.15, 0.2) is 65.6 Å². The van der Waals surface area contributed by atoms with Crippen LogP contribution in [0.5, 0.6) is 5.88 Å². The molecule has 1 aliphatic rings. The zero-order chi connectivity index (χ0) is 22.5. The number of hydrogen-bond acceptors (Lipinski definition) is 6. The average Bonchev–Trinajstić information content (AvgIpc) is 3.42. The minimum absolute atomic E-state index is 0.0440. The summed E-state index contributed by atoms with van der Waals surface area (Å²) in [6, 6.07) is 11.1. The smallest absolute Gasteiger partial charge is 0.230 e. The Morgan fingerprint density at radius 1 is 1.00 bits per heavy atom. The Balaban J connectivity index is 1.53. The number of pyridine rings is 1. The van der Waals surface area contributed by atoms with Crippen LogP contribution in [0.1, 0.15) is 18.9 Å². The second-order valence-corrected chi connectivity index (χ2v) is 8.03. The molecule has 6 rings (SSSR count). The van der Waals surface area contributed by atoms with Crippen LogP contribution in [-0.4, -0.2) is 36.0 Å². The number of halogens is 2. The summed E-state index contributed by atoms with van der Waals surface area (Å²) in [5.41, 5.74) is 3.34. The van der Waals surface area contributed by atoms with Crippen LogP contribution in [0.3, 0.4) is 0 Å².